The van der Waals surface area contributed by atoms with Crippen LogP contribution in [-0.4, -0.2) is 10.1 Å². The Balaban J connectivity index is 2.78. The molecule has 0 saturated heterocycles. The van der Waals surface area contributed by atoms with Crippen molar-refractivity contribution in [1.82, 2.24) is 10.1 Å². The first-order valence-corrected chi connectivity index (χ1v) is 3.32. The third kappa shape index (κ3) is 1.33. The van der Waals surface area contributed by atoms with E-state index in [1.807, 2.05) is 13.8 Å². The van der Waals surface area contributed by atoms with Crippen LogP contribution >= 0.6 is 0 Å². The summed E-state index contributed by atoms with van der Waals surface area (Å²) >= 11 is 0. The molecule has 1 rings (SSSR count). The minimum Gasteiger partial charge on any atom is -0.338 e. The third-order valence-corrected chi connectivity index (χ3v) is 1.19. The Morgan fingerprint density at radius 2 is 2.40 bits per heavy atom. The Hall–Kier alpha value is -0.900. The summed E-state index contributed by atoms with van der Waals surface area (Å²) in [5.74, 6) is 1.23. The van der Waals surface area contributed by atoms with Crippen LogP contribution in [0.5, 0.6) is 0 Å². The van der Waals surface area contributed by atoms with Gasteiger partial charge in [-0.3, -0.25) is 0 Å². The highest BCUT2D eigenvalue weighted by atomic mass is 16.5. The van der Waals surface area contributed by atoms with Gasteiger partial charge < -0.3 is 10.3 Å². The predicted molar refractivity (Wildman–Crippen MR) is 36.3 cm³/mol. The minimum absolute atomic E-state index is 0.159. The molecule has 0 bridgehead atoms. The SMILES string of the molecule is CCc1noc([C@H](C)N)n1. The van der Waals surface area contributed by atoms with E-state index in [-0.39, 0.29) is 6.04 Å². The lowest BCUT2D eigenvalue weighted by Gasteiger charge is -1.92. The van der Waals surface area contributed by atoms with Gasteiger partial charge in [0.25, 0.3) is 0 Å². The van der Waals surface area contributed by atoms with Gasteiger partial charge in [-0.05, 0) is 6.92 Å². The van der Waals surface area contributed by atoms with Crippen molar-refractivity contribution in [3.05, 3.63) is 11.7 Å². The average Bonchev–Trinajstić information content (AvgIpc) is 2.34. The summed E-state index contributed by atoms with van der Waals surface area (Å²) in [6, 6.07) is -0.159. The number of aromatic nitrogens is 2. The van der Waals surface area contributed by atoms with Gasteiger partial charge in [-0.25, -0.2) is 0 Å². The van der Waals surface area contributed by atoms with Crippen LogP contribution in [0.1, 0.15) is 31.6 Å². The molecule has 0 aliphatic carbocycles. The summed E-state index contributed by atoms with van der Waals surface area (Å²) in [5, 5.41) is 3.69. The second kappa shape index (κ2) is 2.79. The summed E-state index contributed by atoms with van der Waals surface area (Å²) in [5.41, 5.74) is 5.49. The quantitative estimate of drug-likeness (QED) is 0.656. The molecule has 0 aliphatic heterocycles. The van der Waals surface area contributed by atoms with Gasteiger partial charge in [0.15, 0.2) is 5.82 Å². The zero-order valence-electron chi connectivity index (χ0n) is 6.16. The lowest BCUT2D eigenvalue weighted by Crippen LogP contribution is -2.05. The molecule has 1 aromatic rings. The lowest BCUT2D eigenvalue weighted by atomic mass is 10.4. The minimum atomic E-state index is -0.159. The number of nitrogens with two attached hydrogens (primary N) is 1. The molecule has 0 amide bonds. The molecule has 0 spiro atoms. The number of hydrogen-bond acceptors (Lipinski definition) is 4. The normalized spacial score (nSPS) is 13.5. The van der Waals surface area contributed by atoms with Gasteiger partial charge in [0, 0.05) is 6.42 Å². The van der Waals surface area contributed by atoms with E-state index in [1.165, 1.54) is 0 Å². The maximum absolute atomic E-state index is 5.49. The van der Waals surface area contributed by atoms with Crippen molar-refractivity contribution < 1.29 is 4.52 Å². The topological polar surface area (TPSA) is 64.9 Å². The Labute approximate surface area is 59.4 Å². The van der Waals surface area contributed by atoms with Crippen molar-refractivity contribution in [1.29, 1.82) is 0 Å². The van der Waals surface area contributed by atoms with E-state index in [0.29, 0.717) is 11.7 Å². The van der Waals surface area contributed by atoms with Crippen LogP contribution in [-0.2, 0) is 6.42 Å². The Morgan fingerprint density at radius 1 is 1.70 bits per heavy atom. The summed E-state index contributed by atoms with van der Waals surface area (Å²) < 4.78 is 4.83. The van der Waals surface area contributed by atoms with Crippen molar-refractivity contribution in [2.24, 2.45) is 5.73 Å². The molecule has 1 aromatic heterocycles. The molecule has 4 nitrogen and oxygen atoms in total. The van der Waals surface area contributed by atoms with E-state index in [4.69, 9.17) is 10.3 Å². The van der Waals surface area contributed by atoms with Gasteiger partial charge >= 0.3 is 0 Å². The zero-order chi connectivity index (χ0) is 7.56. The number of aryl methyl sites for hydroxylation is 1. The Morgan fingerprint density at radius 3 is 2.70 bits per heavy atom. The summed E-state index contributed by atoms with van der Waals surface area (Å²) in [6.45, 7) is 3.78. The largest absolute Gasteiger partial charge is 0.338 e. The summed E-state index contributed by atoms with van der Waals surface area (Å²) in [7, 11) is 0. The van der Waals surface area contributed by atoms with Crippen LogP contribution in [0, 0.1) is 0 Å². The molecule has 1 atom stereocenters. The van der Waals surface area contributed by atoms with Crippen LogP contribution < -0.4 is 5.73 Å². The molecule has 0 radical (unpaired) electrons. The fourth-order valence-corrected chi connectivity index (χ4v) is 0.596. The maximum Gasteiger partial charge on any atom is 0.243 e. The van der Waals surface area contributed by atoms with E-state index >= 15 is 0 Å². The Bertz CT molecular complexity index is 207. The predicted octanol–water partition coefficient (Wildman–Crippen LogP) is 0.652. The molecular formula is C6H11N3O. The highest BCUT2D eigenvalue weighted by Gasteiger charge is 2.07. The smallest absolute Gasteiger partial charge is 0.243 e. The van der Waals surface area contributed by atoms with Gasteiger partial charge in [-0.2, -0.15) is 4.98 Å². The monoisotopic (exact) mass is 141 g/mol. The van der Waals surface area contributed by atoms with Crippen LogP contribution in [0.3, 0.4) is 0 Å². The highest BCUT2D eigenvalue weighted by molar-refractivity contribution is 4.89. The first-order chi connectivity index (χ1) is 4.74. The van der Waals surface area contributed by atoms with E-state index in [0.717, 1.165) is 6.42 Å². The van der Waals surface area contributed by atoms with Gasteiger partial charge in [0.2, 0.25) is 5.89 Å². The van der Waals surface area contributed by atoms with Crippen molar-refractivity contribution in [2.75, 3.05) is 0 Å². The molecule has 10 heavy (non-hydrogen) atoms. The van der Waals surface area contributed by atoms with Crippen LogP contribution in [0.25, 0.3) is 0 Å². The fraction of sp³-hybridized carbons (Fsp3) is 0.667. The number of nitrogens with zero attached hydrogens (tertiary/aromatic N) is 2. The maximum atomic E-state index is 5.49. The second-order valence-corrected chi connectivity index (χ2v) is 2.19. The van der Waals surface area contributed by atoms with Crippen molar-refractivity contribution in [3.8, 4) is 0 Å². The molecule has 56 valence electrons. The van der Waals surface area contributed by atoms with Crippen LogP contribution in [0.2, 0.25) is 0 Å². The van der Waals surface area contributed by atoms with Crippen LogP contribution in [0.15, 0.2) is 4.52 Å². The van der Waals surface area contributed by atoms with Crippen molar-refractivity contribution in [2.45, 2.75) is 26.3 Å². The van der Waals surface area contributed by atoms with Gasteiger partial charge in [0.1, 0.15) is 0 Å². The Kier molecular flexibility index (Phi) is 2.01. The zero-order valence-corrected chi connectivity index (χ0v) is 6.16. The molecule has 2 N–H and O–H groups in total. The summed E-state index contributed by atoms with van der Waals surface area (Å²) in [6.07, 6.45) is 0.788. The first kappa shape index (κ1) is 7.21. The molecule has 4 heteroatoms. The second-order valence-electron chi connectivity index (χ2n) is 2.19. The third-order valence-electron chi connectivity index (χ3n) is 1.19. The van der Waals surface area contributed by atoms with Crippen LogP contribution in [0.4, 0.5) is 0 Å². The van der Waals surface area contributed by atoms with Crippen molar-refractivity contribution >= 4 is 0 Å². The van der Waals surface area contributed by atoms with E-state index in [1.54, 1.807) is 0 Å². The van der Waals surface area contributed by atoms with Gasteiger partial charge in [-0.15, -0.1) is 0 Å². The summed E-state index contributed by atoms with van der Waals surface area (Å²) in [4.78, 5) is 4.03. The molecule has 0 saturated carbocycles. The first-order valence-electron chi connectivity index (χ1n) is 3.32. The van der Waals surface area contributed by atoms with Crippen molar-refractivity contribution in [3.63, 3.8) is 0 Å². The standard InChI is InChI=1S/C6H11N3O/c1-3-5-8-6(4(2)7)10-9-5/h4H,3,7H2,1-2H3/t4-/m0/s1. The van der Waals surface area contributed by atoms with Gasteiger partial charge in [-0.1, -0.05) is 12.1 Å². The molecule has 0 aromatic carbocycles. The number of hydrogen-bond donors (Lipinski definition) is 1. The van der Waals surface area contributed by atoms with Gasteiger partial charge in [0.05, 0.1) is 6.04 Å². The average molecular weight is 141 g/mol. The van der Waals surface area contributed by atoms with E-state index in [9.17, 15) is 0 Å². The molecular weight excluding hydrogens is 130 g/mol. The molecule has 0 fully saturated rings. The highest BCUT2D eigenvalue weighted by Crippen LogP contribution is 2.05. The number of rotatable bonds is 2. The lowest BCUT2D eigenvalue weighted by molar-refractivity contribution is 0.357. The van der Waals surface area contributed by atoms with E-state index in [2.05, 4.69) is 10.1 Å². The van der Waals surface area contributed by atoms with E-state index < -0.39 is 0 Å². The molecule has 0 unspecified atom stereocenters. The fourth-order valence-electron chi connectivity index (χ4n) is 0.596. The molecule has 1 heterocycles. The molecule has 0 aliphatic rings.